The van der Waals surface area contributed by atoms with Crippen LogP contribution < -0.4 is 5.32 Å². The van der Waals surface area contributed by atoms with Crippen molar-refractivity contribution in [2.24, 2.45) is 0 Å². The molecule has 0 spiro atoms. The lowest BCUT2D eigenvalue weighted by atomic mass is 10.1. The van der Waals surface area contributed by atoms with E-state index in [1.54, 1.807) is 0 Å². The molecule has 25 heavy (non-hydrogen) atoms. The first-order valence-corrected chi connectivity index (χ1v) is 7.80. The number of carbonyl (C=O) groups excluding carboxylic acids is 2. The Balaban J connectivity index is 2.00. The fourth-order valence-electron chi connectivity index (χ4n) is 2.37. The van der Waals surface area contributed by atoms with E-state index in [9.17, 15) is 19.7 Å². The number of likely N-dealkylation sites (N-methyl/N-ethyl adjacent to an activating group) is 1. The summed E-state index contributed by atoms with van der Waals surface area (Å²) in [5.74, 6) is -0.688. The van der Waals surface area contributed by atoms with Crippen LogP contribution in [0.5, 0.6) is 0 Å². The molecule has 2 rings (SSSR count). The molecule has 2 aromatic carbocycles. The number of hydrogen-bond acceptors (Lipinski definition) is 4. The number of non-ortho nitro benzene ring substituents is 1. The number of rotatable bonds is 6. The third kappa shape index (κ3) is 4.63. The van der Waals surface area contributed by atoms with E-state index in [1.165, 1.54) is 36.2 Å². The molecule has 0 radical (unpaired) electrons. The second-order valence-corrected chi connectivity index (χ2v) is 5.52. The van der Waals surface area contributed by atoms with Gasteiger partial charge in [0.05, 0.1) is 11.5 Å². The predicted octanol–water partition coefficient (Wildman–Crippen LogP) is 2.87. The summed E-state index contributed by atoms with van der Waals surface area (Å²) in [5, 5.41) is 13.4. The fraction of sp³-hybridized carbons (Fsp3) is 0.222. The highest BCUT2D eigenvalue weighted by Gasteiger charge is 2.16. The lowest BCUT2D eigenvalue weighted by Gasteiger charge is -2.17. The van der Waals surface area contributed by atoms with E-state index in [0.29, 0.717) is 0 Å². The van der Waals surface area contributed by atoms with Crippen LogP contribution in [0.2, 0.25) is 0 Å². The number of anilines is 1. The summed E-state index contributed by atoms with van der Waals surface area (Å²) in [5.41, 5.74) is 1.94. The number of hydrogen-bond donors (Lipinski definition) is 1. The highest BCUT2D eigenvalue weighted by Crippen LogP contribution is 2.16. The standard InChI is InChI=1S/C18H19N3O4/c1-3-13-6-4-5-7-16(13)19-17(22)12-20(2)18(23)14-8-10-15(11-9-14)21(24)25/h4-11H,3,12H2,1-2H3,(H,19,22). The summed E-state index contributed by atoms with van der Waals surface area (Å²) in [6.07, 6.45) is 0.786. The largest absolute Gasteiger partial charge is 0.332 e. The monoisotopic (exact) mass is 341 g/mol. The van der Waals surface area contributed by atoms with Gasteiger partial charge in [-0.05, 0) is 30.2 Å². The highest BCUT2D eigenvalue weighted by atomic mass is 16.6. The molecule has 0 fully saturated rings. The summed E-state index contributed by atoms with van der Waals surface area (Å²) in [6, 6.07) is 12.8. The van der Waals surface area contributed by atoms with Gasteiger partial charge in [0.25, 0.3) is 11.6 Å². The lowest BCUT2D eigenvalue weighted by Crippen LogP contribution is -2.35. The zero-order chi connectivity index (χ0) is 18.4. The molecule has 0 aliphatic rings. The topological polar surface area (TPSA) is 92.6 Å². The van der Waals surface area contributed by atoms with E-state index >= 15 is 0 Å². The number of nitrogens with one attached hydrogen (secondary N) is 1. The maximum Gasteiger partial charge on any atom is 0.269 e. The molecule has 0 heterocycles. The first kappa shape index (κ1) is 18.1. The van der Waals surface area contributed by atoms with Crippen LogP contribution in [0.15, 0.2) is 48.5 Å². The molecule has 0 saturated carbocycles. The van der Waals surface area contributed by atoms with E-state index in [4.69, 9.17) is 0 Å². The molecule has 2 amide bonds. The van der Waals surface area contributed by atoms with Crippen LogP contribution in [0.25, 0.3) is 0 Å². The number of nitrogens with zero attached hydrogens (tertiary/aromatic N) is 2. The molecule has 130 valence electrons. The van der Waals surface area contributed by atoms with Crippen molar-refractivity contribution in [3.63, 3.8) is 0 Å². The molecule has 0 unspecified atom stereocenters. The van der Waals surface area contributed by atoms with Crippen molar-refractivity contribution in [3.8, 4) is 0 Å². The zero-order valence-corrected chi connectivity index (χ0v) is 14.1. The highest BCUT2D eigenvalue weighted by molar-refractivity contribution is 5.99. The van der Waals surface area contributed by atoms with Crippen molar-refractivity contribution < 1.29 is 14.5 Å². The summed E-state index contributed by atoms with van der Waals surface area (Å²) < 4.78 is 0. The Hall–Kier alpha value is -3.22. The van der Waals surface area contributed by atoms with Gasteiger partial charge in [0, 0.05) is 30.4 Å². The van der Waals surface area contributed by atoms with Crippen LogP contribution >= 0.6 is 0 Å². The van der Waals surface area contributed by atoms with Gasteiger partial charge < -0.3 is 10.2 Å². The molecular weight excluding hydrogens is 322 g/mol. The van der Waals surface area contributed by atoms with Crippen molar-refractivity contribution in [1.29, 1.82) is 0 Å². The van der Waals surface area contributed by atoms with E-state index in [0.717, 1.165) is 17.7 Å². The predicted molar refractivity (Wildman–Crippen MR) is 94.5 cm³/mol. The second kappa shape index (κ2) is 8.05. The fourth-order valence-corrected chi connectivity index (χ4v) is 2.37. The average molecular weight is 341 g/mol. The van der Waals surface area contributed by atoms with Gasteiger partial charge in [0.15, 0.2) is 0 Å². The minimum absolute atomic E-state index is 0.0897. The minimum atomic E-state index is -0.531. The van der Waals surface area contributed by atoms with E-state index in [-0.39, 0.29) is 29.6 Å². The molecule has 7 heteroatoms. The van der Waals surface area contributed by atoms with Gasteiger partial charge in [-0.1, -0.05) is 25.1 Å². The number of aryl methyl sites for hydroxylation is 1. The molecule has 0 aromatic heterocycles. The third-order valence-corrected chi connectivity index (χ3v) is 3.72. The number of nitro benzene ring substituents is 1. The maximum absolute atomic E-state index is 12.3. The first-order valence-electron chi connectivity index (χ1n) is 7.80. The molecule has 1 N–H and O–H groups in total. The Bertz CT molecular complexity index is 787. The van der Waals surface area contributed by atoms with Crippen LogP contribution in [-0.4, -0.2) is 35.2 Å². The van der Waals surface area contributed by atoms with Crippen LogP contribution in [-0.2, 0) is 11.2 Å². The van der Waals surface area contributed by atoms with Gasteiger partial charge in [0.2, 0.25) is 5.91 Å². The lowest BCUT2D eigenvalue weighted by molar-refractivity contribution is -0.384. The number of para-hydroxylation sites is 1. The SMILES string of the molecule is CCc1ccccc1NC(=O)CN(C)C(=O)c1ccc([N+](=O)[O-])cc1. The van der Waals surface area contributed by atoms with E-state index in [1.807, 2.05) is 31.2 Å². The Morgan fingerprint density at radius 1 is 1.12 bits per heavy atom. The first-order chi connectivity index (χ1) is 11.9. The minimum Gasteiger partial charge on any atom is -0.332 e. The third-order valence-electron chi connectivity index (χ3n) is 3.72. The number of carbonyl (C=O) groups is 2. The number of amides is 2. The van der Waals surface area contributed by atoms with E-state index in [2.05, 4.69) is 5.32 Å². The van der Waals surface area contributed by atoms with Gasteiger partial charge in [0.1, 0.15) is 0 Å². The van der Waals surface area contributed by atoms with Gasteiger partial charge >= 0.3 is 0 Å². The Morgan fingerprint density at radius 2 is 1.76 bits per heavy atom. The molecule has 2 aromatic rings. The summed E-state index contributed by atoms with van der Waals surface area (Å²) in [7, 11) is 1.51. The molecular formula is C18H19N3O4. The Kier molecular flexibility index (Phi) is 5.84. The summed E-state index contributed by atoms with van der Waals surface area (Å²) >= 11 is 0. The summed E-state index contributed by atoms with van der Waals surface area (Å²) in [4.78, 5) is 35.9. The molecule has 7 nitrogen and oxygen atoms in total. The number of benzene rings is 2. The van der Waals surface area contributed by atoms with Crippen molar-refractivity contribution in [1.82, 2.24) is 4.90 Å². The molecule has 0 bridgehead atoms. The molecule has 0 saturated heterocycles. The Labute approximate surface area is 145 Å². The zero-order valence-electron chi connectivity index (χ0n) is 14.1. The van der Waals surface area contributed by atoms with Gasteiger partial charge in [-0.3, -0.25) is 19.7 Å². The van der Waals surface area contributed by atoms with Crippen molar-refractivity contribution in [2.45, 2.75) is 13.3 Å². The second-order valence-electron chi connectivity index (χ2n) is 5.52. The normalized spacial score (nSPS) is 10.2. The average Bonchev–Trinajstić information content (AvgIpc) is 2.61. The van der Waals surface area contributed by atoms with Crippen LogP contribution in [0.4, 0.5) is 11.4 Å². The van der Waals surface area contributed by atoms with Gasteiger partial charge in [-0.15, -0.1) is 0 Å². The maximum atomic E-state index is 12.3. The van der Waals surface area contributed by atoms with Crippen LogP contribution in [0.1, 0.15) is 22.8 Å². The number of nitro groups is 1. The van der Waals surface area contributed by atoms with E-state index < -0.39 is 4.92 Å². The molecule has 0 aliphatic carbocycles. The summed E-state index contributed by atoms with van der Waals surface area (Å²) in [6.45, 7) is 1.88. The van der Waals surface area contributed by atoms with Gasteiger partial charge in [-0.25, -0.2) is 0 Å². The quantitative estimate of drug-likeness (QED) is 0.646. The Morgan fingerprint density at radius 3 is 2.36 bits per heavy atom. The van der Waals surface area contributed by atoms with Crippen molar-refractivity contribution in [2.75, 3.05) is 18.9 Å². The smallest absolute Gasteiger partial charge is 0.269 e. The van der Waals surface area contributed by atoms with Crippen LogP contribution in [0.3, 0.4) is 0 Å². The van der Waals surface area contributed by atoms with Crippen molar-refractivity contribution >= 4 is 23.2 Å². The molecule has 0 aliphatic heterocycles. The van der Waals surface area contributed by atoms with Crippen molar-refractivity contribution in [3.05, 3.63) is 69.8 Å². The van der Waals surface area contributed by atoms with Gasteiger partial charge in [-0.2, -0.15) is 0 Å². The van der Waals surface area contributed by atoms with Crippen LogP contribution in [0, 0.1) is 10.1 Å². The molecule has 0 atom stereocenters.